The number of carbonyl (C=O) groups is 1. The maximum Gasteiger partial charge on any atom is 0.358 e. The number of halogens is 1. The highest BCUT2D eigenvalue weighted by Crippen LogP contribution is 2.31. The number of aryl methyl sites for hydroxylation is 1. The lowest BCUT2D eigenvalue weighted by Gasteiger charge is -2.24. The first-order valence-electron chi connectivity index (χ1n) is 7.52. The van der Waals surface area contributed by atoms with Crippen molar-refractivity contribution < 1.29 is 18.7 Å². The van der Waals surface area contributed by atoms with Crippen molar-refractivity contribution in [2.75, 3.05) is 13.7 Å². The van der Waals surface area contributed by atoms with Gasteiger partial charge < -0.3 is 9.47 Å². The van der Waals surface area contributed by atoms with Gasteiger partial charge in [0, 0.05) is 17.9 Å². The average molecular weight is 319 g/mol. The lowest BCUT2D eigenvalue weighted by atomic mass is 10.1. The van der Waals surface area contributed by atoms with Crippen LogP contribution < -0.4 is 0 Å². The van der Waals surface area contributed by atoms with Crippen LogP contribution in [0.3, 0.4) is 0 Å². The molecule has 0 N–H and O–H groups in total. The molecule has 122 valence electrons. The Balaban J connectivity index is 2.11. The largest absolute Gasteiger partial charge is 0.464 e. The first-order valence-corrected chi connectivity index (χ1v) is 7.52. The van der Waals surface area contributed by atoms with Crippen LogP contribution in [0.25, 0.3) is 11.3 Å². The number of methoxy groups -OCH3 is 1. The van der Waals surface area contributed by atoms with E-state index in [0.29, 0.717) is 23.6 Å². The van der Waals surface area contributed by atoms with Gasteiger partial charge in [0.2, 0.25) is 0 Å². The van der Waals surface area contributed by atoms with Crippen molar-refractivity contribution >= 4 is 5.97 Å². The normalized spacial score (nSPS) is 18.0. The molecule has 1 unspecified atom stereocenters. The molecule has 0 radical (unpaired) electrons. The second-order valence-corrected chi connectivity index (χ2v) is 5.48. The van der Waals surface area contributed by atoms with Gasteiger partial charge in [-0.1, -0.05) is 0 Å². The molecule has 1 aliphatic rings. The molecule has 1 atom stereocenters. The molecule has 0 saturated carbocycles. The summed E-state index contributed by atoms with van der Waals surface area (Å²) in [6.07, 6.45) is 3.60. The van der Waals surface area contributed by atoms with Gasteiger partial charge in [-0.2, -0.15) is 5.10 Å². The molecule has 2 aromatic heterocycles. The van der Waals surface area contributed by atoms with Crippen molar-refractivity contribution in [3.05, 3.63) is 35.5 Å². The second-order valence-electron chi connectivity index (χ2n) is 5.48. The summed E-state index contributed by atoms with van der Waals surface area (Å²) in [4.78, 5) is 15.7. The van der Waals surface area contributed by atoms with E-state index in [1.165, 1.54) is 19.4 Å². The summed E-state index contributed by atoms with van der Waals surface area (Å²) < 4.78 is 26.3. The van der Waals surface area contributed by atoms with E-state index in [4.69, 9.17) is 9.47 Å². The van der Waals surface area contributed by atoms with Crippen LogP contribution >= 0.6 is 0 Å². The van der Waals surface area contributed by atoms with Crippen LogP contribution in [0.4, 0.5) is 4.39 Å². The topological polar surface area (TPSA) is 66.2 Å². The Morgan fingerprint density at radius 2 is 2.26 bits per heavy atom. The number of hydrogen-bond acceptors (Lipinski definition) is 5. The van der Waals surface area contributed by atoms with Crippen molar-refractivity contribution in [3.8, 4) is 11.3 Å². The molecule has 1 aliphatic heterocycles. The second kappa shape index (κ2) is 6.45. The van der Waals surface area contributed by atoms with Gasteiger partial charge >= 0.3 is 5.97 Å². The average Bonchev–Trinajstić information content (AvgIpc) is 3.02. The highest BCUT2D eigenvalue weighted by atomic mass is 19.1. The standard InChI is InChI=1S/C16H18FN3O3/c1-10-7-11(12(17)9-18-10)14-8-13(16(21)22-2)19-20(14)15-5-3-4-6-23-15/h7-9,15H,3-6H2,1-2H3. The number of hydrogen-bond donors (Lipinski definition) is 0. The van der Waals surface area contributed by atoms with Crippen LogP contribution in [-0.4, -0.2) is 34.5 Å². The SMILES string of the molecule is COC(=O)c1cc(-c2cc(C)ncc2F)n(C2CCCCO2)n1. The number of ether oxygens (including phenoxy) is 2. The van der Waals surface area contributed by atoms with Crippen molar-refractivity contribution in [2.24, 2.45) is 0 Å². The molecule has 0 aliphatic carbocycles. The number of nitrogens with zero attached hydrogens (tertiary/aromatic N) is 3. The number of esters is 1. The zero-order valence-corrected chi connectivity index (χ0v) is 13.1. The van der Waals surface area contributed by atoms with E-state index in [2.05, 4.69) is 10.1 Å². The molecule has 0 aromatic carbocycles. The molecule has 3 heterocycles. The number of carbonyl (C=O) groups excluding carboxylic acids is 1. The Kier molecular flexibility index (Phi) is 4.38. The zero-order valence-electron chi connectivity index (χ0n) is 13.1. The molecule has 23 heavy (non-hydrogen) atoms. The molecular formula is C16H18FN3O3. The predicted octanol–water partition coefficient (Wildman–Crippen LogP) is 2.88. The Morgan fingerprint density at radius 1 is 1.43 bits per heavy atom. The molecule has 6 nitrogen and oxygen atoms in total. The smallest absolute Gasteiger partial charge is 0.358 e. The zero-order chi connectivity index (χ0) is 16.4. The third-order valence-corrected chi connectivity index (χ3v) is 3.83. The van der Waals surface area contributed by atoms with Crippen LogP contribution in [0.5, 0.6) is 0 Å². The van der Waals surface area contributed by atoms with Gasteiger partial charge in [0.1, 0.15) is 0 Å². The van der Waals surface area contributed by atoms with Gasteiger partial charge in [-0.15, -0.1) is 0 Å². The highest BCUT2D eigenvalue weighted by molar-refractivity contribution is 5.88. The summed E-state index contributed by atoms with van der Waals surface area (Å²) >= 11 is 0. The van der Waals surface area contributed by atoms with Gasteiger partial charge in [-0.25, -0.2) is 13.9 Å². The number of rotatable bonds is 3. The third-order valence-electron chi connectivity index (χ3n) is 3.83. The lowest BCUT2D eigenvalue weighted by molar-refractivity contribution is -0.0386. The molecule has 1 fully saturated rings. The summed E-state index contributed by atoms with van der Waals surface area (Å²) in [6.45, 7) is 2.40. The van der Waals surface area contributed by atoms with Crippen LogP contribution in [0.1, 0.15) is 41.7 Å². The Morgan fingerprint density at radius 3 is 2.96 bits per heavy atom. The number of aromatic nitrogens is 3. The predicted molar refractivity (Wildman–Crippen MR) is 80.3 cm³/mol. The van der Waals surface area contributed by atoms with Gasteiger partial charge in [0.25, 0.3) is 0 Å². The minimum absolute atomic E-state index is 0.130. The van der Waals surface area contributed by atoms with Crippen LogP contribution in [-0.2, 0) is 9.47 Å². The van der Waals surface area contributed by atoms with Gasteiger partial charge in [0.05, 0.1) is 19.0 Å². The molecule has 0 bridgehead atoms. The van der Waals surface area contributed by atoms with E-state index in [-0.39, 0.29) is 11.9 Å². The molecule has 2 aromatic rings. The van der Waals surface area contributed by atoms with E-state index < -0.39 is 11.8 Å². The fraction of sp³-hybridized carbons (Fsp3) is 0.438. The molecule has 0 amide bonds. The quantitative estimate of drug-likeness (QED) is 0.814. The van der Waals surface area contributed by atoms with Gasteiger partial charge in [-0.05, 0) is 38.3 Å². The fourth-order valence-corrected chi connectivity index (χ4v) is 2.68. The molecular weight excluding hydrogens is 301 g/mol. The summed E-state index contributed by atoms with van der Waals surface area (Å²) in [5, 5.41) is 4.28. The fourth-order valence-electron chi connectivity index (χ4n) is 2.68. The molecule has 3 rings (SSSR count). The maximum absolute atomic E-state index is 14.2. The Bertz CT molecular complexity index is 723. The summed E-state index contributed by atoms with van der Waals surface area (Å²) in [5.74, 6) is -1.03. The first-order chi connectivity index (χ1) is 11.1. The lowest BCUT2D eigenvalue weighted by Crippen LogP contribution is -2.20. The van der Waals surface area contributed by atoms with Crippen LogP contribution in [0.15, 0.2) is 18.3 Å². The van der Waals surface area contributed by atoms with E-state index in [1.54, 1.807) is 17.7 Å². The maximum atomic E-state index is 14.2. The first kappa shape index (κ1) is 15.6. The number of pyridine rings is 1. The summed E-state index contributed by atoms with van der Waals surface area (Å²) in [6, 6.07) is 3.16. The van der Waals surface area contributed by atoms with E-state index in [0.717, 1.165) is 19.3 Å². The van der Waals surface area contributed by atoms with Crippen molar-refractivity contribution in [2.45, 2.75) is 32.4 Å². The molecule has 7 heteroatoms. The van der Waals surface area contributed by atoms with E-state index in [9.17, 15) is 9.18 Å². The van der Waals surface area contributed by atoms with E-state index >= 15 is 0 Å². The summed E-state index contributed by atoms with van der Waals surface area (Å²) in [5.41, 5.74) is 1.64. The minimum atomic E-state index is -0.563. The van der Waals surface area contributed by atoms with E-state index in [1.807, 2.05) is 0 Å². The minimum Gasteiger partial charge on any atom is -0.464 e. The van der Waals surface area contributed by atoms with Crippen LogP contribution in [0.2, 0.25) is 0 Å². The monoisotopic (exact) mass is 319 g/mol. The Labute approximate surface area is 133 Å². The van der Waals surface area contributed by atoms with Crippen molar-refractivity contribution in [1.29, 1.82) is 0 Å². The molecule has 0 spiro atoms. The van der Waals surface area contributed by atoms with Gasteiger partial charge in [0.15, 0.2) is 17.7 Å². The summed E-state index contributed by atoms with van der Waals surface area (Å²) in [7, 11) is 1.29. The highest BCUT2D eigenvalue weighted by Gasteiger charge is 2.25. The van der Waals surface area contributed by atoms with Crippen LogP contribution in [0, 0.1) is 12.7 Å². The van der Waals surface area contributed by atoms with Crippen molar-refractivity contribution in [1.82, 2.24) is 14.8 Å². The van der Waals surface area contributed by atoms with Gasteiger partial charge in [-0.3, -0.25) is 4.98 Å². The molecule has 1 saturated heterocycles. The third kappa shape index (κ3) is 3.10. The Hall–Kier alpha value is -2.28. The van der Waals surface area contributed by atoms with Crippen molar-refractivity contribution in [3.63, 3.8) is 0 Å².